The lowest BCUT2D eigenvalue weighted by atomic mass is 10.0. The lowest BCUT2D eigenvalue weighted by molar-refractivity contribution is 0.0895. The second-order valence-electron chi connectivity index (χ2n) is 6.05. The summed E-state index contributed by atoms with van der Waals surface area (Å²) in [6.45, 7) is 2.57. The zero-order valence-corrected chi connectivity index (χ0v) is 13.2. The van der Waals surface area contributed by atoms with E-state index in [0.717, 1.165) is 38.0 Å². The van der Waals surface area contributed by atoms with Gasteiger partial charge in [-0.25, -0.2) is 4.39 Å². The van der Waals surface area contributed by atoms with Crippen LogP contribution >= 0.6 is 0 Å². The molecule has 1 saturated heterocycles. The van der Waals surface area contributed by atoms with Gasteiger partial charge in [0.05, 0.1) is 0 Å². The quantitative estimate of drug-likeness (QED) is 0.938. The fourth-order valence-corrected chi connectivity index (χ4v) is 2.96. The molecule has 122 valence electrons. The van der Waals surface area contributed by atoms with Crippen molar-refractivity contribution in [1.29, 1.82) is 0 Å². The van der Waals surface area contributed by atoms with Crippen LogP contribution in [0.4, 0.5) is 4.39 Å². The van der Waals surface area contributed by atoms with Gasteiger partial charge >= 0.3 is 0 Å². The zero-order valence-electron chi connectivity index (χ0n) is 13.2. The standard InChI is InChI=1S/C17H21FN4O/c1-21-10-8-16(20-21)17(23)19-15-3-2-9-22(12-15)11-13-4-6-14(18)7-5-13/h4-8,10,15H,2-3,9,11-12H2,1H3,(H,19,23). The highest BCUT2D eigenvalue weighted by molar-refractivity contribution is 5.92. The molecule has 1 aliphatic heterocycles. The third kappa shape index (κ3) is 4.16. The summed E-state index contributed by atoms with van der Waals surface area (Å²) in [6, 6.07) is 8.43. The summed E-state index contributed by atoms with van der Waals surface area (Å²) in [4.78, 5) is 14.5. The number of carbonyl (C=O) groups excluding carboxylic acids is 1. The van der Waals surface area contributed by atoms with Crippen LogP contribution in [-0.4, -0.2) is 39.7 Å². The van der Waals surface area contributed by atoms with E-state index in [-0.39, 0.29) is 17.8 Å². The Hall–Kier alpha value is -2.21. The molecule has 1 amide bonds. The first-order chi connectivity index (χ1) is 11.1. The summed E-state index contributed by atoms with van der Waals surface area (Å²) in [5, 5.41) is 7.18. The number of hydrogen-bond donors (Lipinski definition) is 1. The van der Waals surface area contributed by atoms with Gasteiger partial charge in [-0.3, -0.25) is 14.4 Å². The van der Waals surface area contributed by atoms with Gasteiger partial charge in [0, 0.05) is 32.4 Å². The number of nitrogens with zero attached hydrogens (tertiary/aromatic N) is 3. The molecule has 1 N–H and O–H groups in total. The predicted molar refractivity (Wildman–Crippen MR) is 85.4 cm³/mol. The first kappa shape index (κ1) is 15.7. The first-order valence-corrected chi connectivity index (χ1v) is 7.87. The van der Waals surface area contributed by atoms with Crippen LogP contribution in [-0.2, 0) is 13.6 Å². The molecule has 1 unspecified atom stereocenters. The minimum atomic E-state index is -0.215. The number of piperidine rings is 1. The average Bonchev–Trinajstić information content (AvgIpc) is 2.97. The summed E-state index contributed by atoms with van der Waals surface area (Å²) in [5.74, 6) is -0.341. The Bertz CT molecular complexity index is 667. The van der Waals surface area contributed by atoms with Crippen LogP contribution in [0.2, 0.25) is 0 Å². The van der Waals surface area contributed by atoms with E-state index in [9.17, 15) is 9.18 Å². The number of aromatic nitrogens is 2. The highest BCUT2D eigenvalue weighted by Gasteiger charge is 2.22. The molecular weight excluding hydrogens is 295 g/mol. The summed E-state index contributed by atoms with van der Waals surface area (Å²) < 4.78 is 14.6. The SMILES string of the molecule is Cn1ccc(C(=O)NC2CCCN(Cc3ccc(F)cc3)C2)n1. The van der Waals surface area contributed by atoms with Gasteiger partial charge in [-0.15, -0.1) is 0 Å². The van der Waals surface area contributed by atoms with Gasteiger partial charge in [-0.2, -0.15) is 5.10 Å². The predicted octanol–water partition coefficient (Wildman–Crippen LogP) is 1.95. The molecule has 0 aliphatic carbocycles. The van der Waals surface area contributed by atoms with Crippen molar-refractivity contribution >= 4 is 5.91 Å². The Morgan fingerprint density at radius 3 is 2.83 bits per heavy atom. The van der Waals surface area contributed by atoms with Crippen LogP contribution in [0, 0.1) is 5.82 Å². The molecule has 1 atom stereocenters. The summed E-state index contributed by atoms with van der Waals surface area (Å²) in [5.41, 5.74) is 1.53. The van der Waals surface area contributed by atoms with E-state index in [4.69, 9.17) is 0 Å². The summed E-state index contributed by atoms with van der Waals surface area (Å²) in [7, 11) is 1.79. The monoisotopic (exact) mass is 316 g/mol. The van der Waals surface area contributed by atoms with Crippen molar-refractivity contribution in [3.8, 4) is 0 Å². The maximum atomic E-state index is 13.0. The molecule has 5 nitrogen and oxygen atoms in total. The highest BCUT2D eigenvalue weighted by atomic mass is 19.1. The van der Waals surface area contributed by atoms with E-state index in [1.54, 1.807) is 24.0 Å². The molecule has 0 spiro atoms. The van der Waals surface area contributed by atoms with Crippen molar-refractivity contribution in [2.24, 2.45) is 7.05 Å². The molecule has 0 bridgehead atoms. The Labute approximate surface area is 135 Å². The third-order valence-corrected chi connectivity index (χ3v) is 4.11. The number of aryl methyl sites for hydroxylation is 1. The van der Waals surface area contributed by atoms with E-state index in [2.05, 4.69) is 15.3 Å². The third-order valence-electron chi connectivity index (χ3n) is 4.11. The molecule has 1 aromatic carbocycles. The van der Waals surface area contributed by atoms with Crippen LogP contribution in [0.25, 0.3) is 0 Å². The maximum Gasteiger partial charge on any atom is 0.272 e. The second kappa shape index (κ2) is 6.91. The highest BCUT2D eigenvalue weighted by Crippen LogP contribution is 2.14. The molecule has 3 rings (SSSR count). The number of halogens is 1. The minimum Gasteiger partial charge on any atom is -0.347 e. The van der Waals surface area contributed by atoms with Gasteiger partial charge in [0.1, 0.15) is 11.5 Å². The molecule has 6 heteroatoms. The molecule has 1 fully saturated rings. The number of nitrogens with one attached hydrogen (secondary N) is 1. The van der Waals surface area contributed by atoms with Gasteiger partial charge in [-0.1, -0.05) is 12.1 Å². The zero-order chi connectivity index (χ0) is 16.2. The topological polar surface area (TPSA) is 50.2 Å². The second-order valence-corrected chi connectivity index (χ2v) is 6.05. The van der Waals surface area contributed by atoms with E-state index >= 15 is 0 Å². The largest absolute Gasteiger partial charge is 0.347 e. The normalized spacial score (nSPS) is 18.8. The lowest BCUT2D eigenvalue weighted by Crippen LogP contribution is -2.47. The number of benzene rings is 1. The molecule has 0 radical (unpaired) electrons. The van der Waals surface area contributed by atoms with Crippen LogP contribution in [0.3, 0.4) is 0 Å². The van der Waals surface area contributed by atoms with Crippen molar-refractivity contribution in [2.75, 3.05) is 13.1 Å². The minimum absolute atomic E-state index is 0.124. The fraction of sp³-hybridized carbons (Fsp3) is 0.412. The first-order valence-electron chi connectivity index (χ1n) is 7.87. The Kier molecular flexibility index (Phi) is 4.71. The van der Waals surface area contributed by atoms with Crippen LogP contribution in [0.1, 0.15) is 28.9 Å². The molecule has 1 aliphatic rings. The average molecular weight is 316 g/mol. The summed E-state index contributed by atoms with van der Waals surface area (Å²) >= 11 is 0. The Balaban J connectivity index is 1.55. The lowest BCUT2D eigenvalue weighted by Gasteiger charge is -2.33. The van der Waals surface area contributed by atoms with Gasteiger partial charge in [0.25, 0.3) is 5.91 Å². The van der Waals surface area contributed by atoms with Gasteiger partial charge in [-0.05, 0) is 43.1 Å². The molecule has 2 aromatic rings. The van der Waals surface area contributed by atoms with Crippen molar-refractivity contribution < 1.29 is 9.18 Å². The van der Waals surface area contributed by atoms with Gasteiger partial charge < -0.3 is 5.32 Å². The van der Waals surface area contributed by atoms with Crippen molar-refractivity contribution in [1.82, 2.24) is 20.0 Å². The number of amides is 1. The smallest absolute Gasteiger partial charge is 0.272 e. The molecule has 1 aromatic heterocycles. The van der Waals surface area contributed by atoms with Crippen molar-refractivity contribution in [3.05, 3.63) is 53.6 Å². The number of hydrogen-bond acceptors (Lipinski definition) is 3. The molecule has 0 saturated carbocycles. The Morgan fingerprint density at radius 2 is 2.13 bits per heavy atom. The summed E-state index contributed by atoms with van der Waals surface area (Å²) in [6.07, 6.45) is 3.77. The van der Waals surface area contributed by atoms with Crippen molar-refractivity contribution in [3.63, 3.8) is 0 Å². The van der Waals surface area contributed by atoms with Crippen LogP contribution in [0.5, 0.6) is 0 Å². The van der Waals surface area contributed by atoms with Crippen molar-refractivity contribution in [2.45, 2.75) is 25.4 Å². The number of likely N-dealkylation sites (tertiary alicyclic amines) is 1. The molecule has 2 heterocycles. The number of rotatable bonds is 4. The van der Waals surface area contributed by atoms with Gasteiger partial charge in [0.2, 0.25) is 0 Å². The van der Waals surface area contributed by atoms with E-state index in [0.29, 0.717) is 5.69 Å². The maximum absolute atomic E-state index is 13.0. The molecule has 23 heavy (non-hydrogen) atoms. The van der Waals surface area contributed by atoms with Gasteiger partial charge in [0.15, 0.2) is 0 Å². The Morgan fingerprint density at radius 1 is 1.35 bits per heavy atom. The number of carbonyl (C=O) groups is 1. The fourth-order valence-electron chi connectivity index (χ4n) is 2.96. The van der Waals surface area contributed by atoms with E-state index < -0.39 is 0 Å². The van der Waals surface area contributed by atoms with E-state index in [1.807, 2.05) is 12.1 Å². The molecular formula is C17H21FN4O. The van der Waals surface area contributed by atoms with E-state index in [1.165, 1.54) is 12.1 Å². The van der Waals surface area contributed by atoms with Crippen LogP contribution < -0.4 is 5.32 Å². The van der Waals surface area contributed by atoms with Crippen LogP contribution in [0.15, 0.2) is 36.5 Å².